The first kappa shape index (κ1) is 21.9. The van der Waals surface area contributed by atoms with Crippen molar-refractivity contribution in [3.8, 4) is 0 Å². The Bertz CT molecular complexity index is 713. The minimum atomic E-state index is 0.158. The molecule has 1 aliphatic heterocycles. The molecule has 0 atom stereocenters. The van der Waals surface area contributed by atoms with E-state index < -0.39 is 0 Å². The van der Waals surface area contributed by atoms with Gasteiger partial charge in [0.25, 0.3) is 0 Å². The molecule has 29 heavy (non-hydrogen) atoms. The predicted octanol–water partition coefficient (Wildman–Crippen LogP) is 2.81. The number of guanidine groups is 1. The number of hydrogen-bond donors (Lipinski definition) is 1. The Morgan fingerprint density at radius 1 is 1.24 bits per heavy atom. The van der Waals surface area contributed by atoms with E-state index in [1.165, 1.54) is 12.8 Å². The van der Waals surface area contributed by atoms with Gasteiger partial charge >= 0.3 is 0 Å². The number of carbonyl (C=O) groups is 1. The van der Waals surface area contributed by atoms with Crippen molar-refractivity contribution in [2.75, 3.05) is 53.0 Å². The summed E-state index contributed by atoms with van der Waals surface area (Å²) >= 11 is 6.03. The summed E-state index contributed by atoms with van der Waals surface area (Å²) in [5.74, 6) is 1.13. The van der Waals surface area contributed by atoms with Crippen LogP contribution in [0.4, 0.5) is 0 Å². The van der Waals surface area contributed by atoms with Gasteiger partial charge in [-0.1, -0.05) is 23.7 Å². The van der Waals surface area contributed by atoms with Crippen LogP contribution < -0.4 is 5.32 Å². The van der Waals surface area contributed by atoms with Crippen LogP contribution in [0.5, 0.6) is 0 Å². The molecule has 1 N–H and O–H groups in total. The van der Waals surface area contributed by atoms with Crippen LogP contribution in [0.2, 0.25) is 5.02 Å². The summed E-state index contributed by atoms with van der Waals surface area (Å²) in [4.78, 5) is 21.8. The van der Waals surface area contributed by atoms with Crippen LogP contribution >= 0.6 is 11.6 Å². The van der Waals surface area contributed by atoms with Gasteiger partial charge in [-0.15, -0.1) is 0 Å². The van der Waals surface area contributed by atoms with E-state index >= 15 is 0 Å². The van der Waals surface area contributed by atoms with Crippen molar-refractivity contribution in [3.63, 3.8) is 0 Å². The van der Waals surface area contributed by atoms with Crippen molar-refractivity contribution in [1.29, 1.82) is 0 Å². The first-order valence-corrected chi connectivity index (χ1v) is 11.0. The quantitative estimate of drug-likeness (QED) is 0.519. The second-order valence-corrected chi connectivity index (χ2v) is 8.52. The fraction of sp³-hybridized carbons (Fsp3) is 0.636. The molecule has 0 spiro atoms. The molecule has 2 aliphatic rings. The van der Waals surface area contributed by atoms with Crippen LogP contribution in [0.15, 0.2) is 29.3 Å². The minimum Gasteiger partial charge on any atom is -0.385 e. The Morgan fingerprint density at radius 2 is 1.97 bits per heavy atom. The number of methoxy groups -OCH3 is 1. The lowest BCUT2D eigenvalue weighted by Crippen LogP contribution is -2.54. The Balaban J connectivity index is 1.52. The molecular weight excluding hydrogens is 388 g/mol. The lowest BCUT2D eigenvalue weighted by molar-refractivity contribution is -0.131. The molecule has 1 saturated carbocycles. The highest BCUT2D eigenvalue weighted by atomic mass is 35.5. The Hall–Kier alpha value is -1.79. The summed E-state index contributed by atoms with van der Waals surface area (Å²) in [6.45, 7) is 7.65. The average Bonchev–Trinajstić information content (AvgIpc) is 3.50. The smallest absolute Gasteiger partial charge is 0.227 e. The molecule has 1 aliphatic carbocycles. The Morgan fingerprint density at radius 3 is 2.59 bits per heavy atom. The number of halogens is 1. The van der Waals surface area contributed by atoms with Gasteiger partial charge in [0.2, 0.25) is 5.91 Å². The van der Waals surface area contributed by atoms with Crippen LogP contribution in [-0.4, -0.2) is 74.7 Å². The van der Waals surface area contributed by atoms with E-state index in [1.807, 2.05) is 29.2 Å². The molecule has 1 aromatic carbocycles. The maximum absolute atomic E-state index is 12.7. The second-order valence-electron chi connectivity index (χ2n) is 8.09. The van der Waals surface area contributed by atoms with Crippen LogP contribution in [0.3, 0.4) is 0 Å². The number of nitrogens with zero attached hydrogens (tertiary/aromatic N) is 3. The molecule has 3 rings (SSSR count). The number of amides is 1. The fourth-order valence-electron chi connectivity index (χ4n) is 3.75. The predicted molar refractivity (Wildman–Crippen MR) is 117 cm³/mol. The van der Waals surface area contributed by atoms with Crippen LogP contribution in [0.25, 0.3) is 0 Å². The van der Waals surface area contributed by atoms with Gasteiger partial charge in [0.05, 0.1) is 6.42 Å². The molecule has 1 amide bonds. The summed E-state index contributed by atoms with van der Waals surface area (Å²) in [5.41, 5.74) is 1.30. The highest BCUT2D eigenvalue weighted by Gasteiger charge is 2.42. The van der Waals surface area contributed by atoms with Gasteiger partial charge in [0.1, 0.15) is 0 Å². The van der Waals surface area contributed by atoms with Crippen molar-refractivity contribution in [2.24, 2.45) is 10.4 Å². The first-order valence-electron chi connectivity index (χ1n) is 10.6. The van der Waals surface area contributed by atoms with Crippen LogP contribution in [0.1, 0.15) is 31.7 Å². The largest absolute Gasteiger partial charge is 0.385 e. The van der Waals surface area contributed by atoms with Gasteiger partial charge in [0.15, 0.2) is 5.96 Å². The maximum Gasteiger partial charge on any atom is 0.227 e. The topological polar surface area (TPSA) is 57.2 Å². The normalized spacial score (nSPS) is 18.7. The van der Waals surface area contributed by atoms with Gasteiger partial charge in [-0.05, 0) is 49.3 Å². The van der Waals surface area contributed by atoms with Gasteiger partial charge < -0.3 is 19.9 Å². The second kappa shape index (κ2) is 10.3. The van der Waals surface area contributed by atoms with Crippen molar-refractivity contribution >= 4 is 23.5 Å². The van der Waals surface area contributed by atoms with Crippen molar-refractivity contribution < 1.29 is 9.53 Å². The number of ether oxygens (including phenoxy) is 1. The third kappa shape index (κ3) is 6.34. The maximum atomic E-state index is 12.7. The molecule has 7 heteroatoms. The number of piperazine rings is 1. The molecule has 0 aromatic heterocycles. The summed E-state index contributed by atoms with van der Waals surface area (Å²) < 4.78 is 5.25. The number of rotatable bonds is 8. The van der Waals surface area contributed by atoms with Crippen LogP contribution in [-0.2, 0) is 16.0 Å². The monoisotopic (exact) mass is 420 g/mol. The minimum absolute atomic E-state index is 0.158. The molecular formula is C22H33ClN4O2. The summed E-state index contributed by atoms with van der Waals surface area (Å²) in [7, 11) is 1.76. The van der Waals surface area contributed by atoms with E-state index in [0.29, 0.717) is 16.9 Å². The van der Waals surface area contributed by atoms with E-state index in [2.05, 4.69) is 17.1 Å². The highest BCUT2D eigenvalue weighted by Crippen LogP contribution is 2.49. The first-order chi connectivity index (χ1) is 14.0. The van der Waals surface area contributed by atoms with E-state index in [-0.39, 0.29) is 5.91 Å². The van der Waals surface area contributed by atoms with Gasteiger partial charge in [-0.3, -0.25) is 9.79 Å². The number of hydrogen-bond acceptors (Lipinski definition) is 3. The van der Waals surface area contributed by atoms with Gasteiger partial charge in [0, 0.05) is 58.0 Å². The summed E-state index contributed by atoms with van der Waals surface area (Å²) in [6.07, 6.45) is 3.96. The molecule has 0 unspecified atom stereocenters. The zero-order valence-electron chi connectivity index (χ0n) is 17.6. The number of carbonyl (C=O) groups excluding carboxylic acids is 1. The third-order valence-electron chi connectivity index (χ3n) is 5.87. The molecule has 2 fully saturated rings. The number of nitrogens with one attached hydrogen (secondary N) is 1. The fourth-order valence-corrected chi connectivity index (χ4v) is 3.96. The summed E-state index contributed by atoms with van der Waals surface area (Å²) in [6, 6.07) is 7.54. The lowest BCUT2D eigenvalue weighted by atomic mass is 10.0. The zero-order valence-corrected chi connectivity index (χ0v) is 18.4. The lowest BCUT2D eigenvalue weighted by Gasteiger charge is -2.36. The molecule has 0 radical (unpaired) electrons. The van der Waals surface area contributed by atoms with Crippen LogP contribution in [0, 0.1) is 5.41 Å². The number of benzene rings is 1. The third-order valence-corrected chi connectivity index (χ3v) is 6.10. The van der Waals surface area contributed by atoms with Crippen molar-refractivity contribution in [1.82, 2.24) is 15.1 Å². The van der Waals surface area contributed by atoms with E-state index in [9.17, 15) is 4.79 Å². The molecule has 1 heterocycles. The highest BCUT2D eigenvalue weighted by molar-refractivity contribution is 6.30. The zero-order chi connectivity index (χ0) is 20.7. The SMILES string of the molecule is CCNC(=NCC1(CCOC)CC1)N1CCN(C(=O)Cc2cccc(Cl)c2)CC1. The van der Waals surface area contributed by atoms with E-state index in [4.69, 9.17) is 21.3 Å². The number of aliphatic imine (C=N–C) groups is 1. The Labute approximate surface area is 179 Å². The van der Waals surface area contributed by atoms with Crippen molar-refractivity contribution in [3.05, 3.63) is 34.9 Å². The molecule has 160 valence electrons. The van der Waals surface area contributed by atoms with Crippen molar-refractivity contribution in [2.45, 2.75) is 32.6 Å². The van der Waals surface area contributed by atoms with E-state index in [1.54, 1.807) is 7.11 Å². The van der Waals surface area contributed by atoms with Gasteiger partial charge in [-0.2, -0.15) is 0 Å². The molecule has 6 nitrogen and oxygen atoms in total. The average molecular weight is 421 g/mol. The Kier molecular flexibility index (Phi) is 7.78. The molecule has 1 saturated heterocycles. The molecule has 0 bridgehead atoms. The summed E-state index contributed by atoms with van der Waals surface area (Å²) in [5, 5.41) is 4.10. The molecule has 1 aromatic rings. The standard InChI is InChI=1S/C22H33ClN4O2/c1-3-24-21(25-17-22(7-8-22)9-14-29-2)27-12-10-26(11-13-27)20(28)16-18-5-4-6-19(23)15-18/h4-6,15H,3,7-14,16-17H2,1-2H3,(H,24,25). The van der Waals surface area contributed by atoms with E-state index in [0.717, 1.165) is 63.8 Å². The van der Waals surface area contributed by atoms with Gasteiger partial charge in [-0.25, -0.2) is 0 Å².